The monoisotopic (exact) mass is 368 g/mol. The molecule has 4 N–H and O–H groups in total. The fourth-order valence-electron chi connectivity index (χ4n) is 2.64. The molecule has 0 fully saturated rings. The van der Waals surface area contributed by atoms with Gasteiger partial charge in [-0.3, -0.25) is 4.79 Å². The van der Waals surface area contributed by atoms with Crippen molar-refractivity contribution in [2.24, 2.45) is 10.7 Å². The molecule has 1 atom stereocenters. The zero-order valence-corrected chi connectivity index (χ0v) is 16.4. The lowest BCUT2D eigenvalue weighted by atomic mass is 9.99. The van der Waals surface area contributed by atoms with E-state index in [9.17, 15) is 4.79 Å². The summed E-state index contributed by atoms with van der Waals surface area (Å²) in [6.07, 6.45) is 1.11. The van der Waals surface area contributed by atoms with Crippen LogP contribution in [0.15, 0.2) is 47.5 Å². The van der Waals surface area contributed by atoms with Crippen LogP contribution in [0.5, 0.6) is 5.75 Å². The minimum Gasteiger partial charge on any atom is -0.495 e. The van der Waals surface area contributed by atoms with Crippen molar-refractivity contribution in [2.75, 3.05) is 17.7 Å². The van der Waals surface area contributed by atoms with E-state index in [1.165, 1.54) is 12.5 Å². The molecule has 0 heterocycles. The Morgan fingerprint density at radius 1 is 1.19 bits per heavy atom. The number of amides is 1. The van der Waals surface area contributed by atoms with Gasteiger partial charge in [-0.05, 0) is 47.7 Å². The van der Waals surface area contributed by atoms with Crippen LogP contribution in [0.2, 0.25) is 0 Å². The van der Waals surface area contributed by atoms with Crippen LogP contribution < -0.4 is 21.1 Å². The summed E-state index contributed by atoms with van der Waals surface area (Å²) in [5.41, 5.74) is 9.73. The van der Waals surface area contributed by atoms with Gasteiger partial charge < -0.3 is 21.1 Å². The first-order chi connectivity index (χ1) is 12.9. The minimum atomic E-state index is -0.157. The van der Waals surface area contributed by atoms with Crippen molar-refractivity contribution in [3.05, 3.63) is 53.6 Å². The molecule has 0 bridgehead atoms. The second-order valence-electron chi connectivity index (χ2n) is 6.47. The van der Waals surface area contributed by atoms with Crippen molar-refractivity contribution >= 4 is 23.2 Å². The third kappa shape index (κ3) is 6.02. The molecule has 0 aliphatic rings. The predicted octanol–water partition coefficient (Wildman–Crippen LogP) is 4.09. The number of carbonyl (C=O) groups is 1. The molecule has 0 aromatic heterocycles. The maximum atomic E-state index is 11.3. The number of ether oxygens (including phenoxy) is 1. The van der Waals surface area contributed by atoms with Crippen molar-refractivity contribution in [2.45, 2.75) is 39.7 Å². The van der Waals surface area contributed by atoms with E-state index in [1.54, 1.807) is 13.2 Å². The van der Waals surface area contributed by atoms with Crippen molar-refractivity contribution in [1.29, 1.82) is 0 Å². The van der Waals surface area contributed by atoms with Crippen LogP contribution in [0.25, 0.3) is 0 Å². The second kappa shape index (κ2) is 9.62. The van der Waals surface area contributed by atoms with E-state index in [0.29, 0.717) is 29.9 Å². The van der Waals surface area contributed by atoms with Crippen molar-refractivity contribution < 1.29 is 9.53 Å². The van der Waals surface area contributed by atoms with Gasteiger partial charge in [-0.1, -0.05) is 32.0 Å². The molecule has 2 aromatic rings. The number of anilines is 2. The zero-order chi connectivity index (χ0) is 19.8. The third-order valence-electron chi connectivity index (χ3n) is 4.37. The molecule has 6 heteroatoms. The second-order valence-corrected chi connectivity index (χ2v) is 6.47. The SMILES string of the molecule is CCC(C)c1ccc(NC(N)=NCc2ccc(OC)c(NC(C)=O)c2)cc1. The number of nitrogens with two attached hydrogens (primary N) is 1. The summed E-state index contributed by atoms with van der Waals surface area (Å²) >= 11 is 0. The Hall–Kier alpha value is -3.02. The molecule has 0 saturated carbocycles. The number of rotatable bonds is 7. The molecule has 2 aromatic carbocycles. The number of guanidine groups is 1. The van der Waals surface area contributed by atoms with Gasteiger partial charge in [0.05, 0.1) is 19.3 Å². The average Bonchev–Trinajstić information content (AvgIpc) is 2.66. The average molecular weight is 368 g/mol. The lowest BCUT2D eigenvalue weighted by Gasteiger charge is -2.11. The molecule has 27 heavy (non-hydrogen) atoms. The maximum absolute atomic E-state index is 11.3. The summed E-state index contributed by atoms with van der Waals surface area (Å²) in [6.45, 7) is 6.24. The molecule has 1 unspecified atom stereocenters. The highest BCUT2D eigenvalue weighted by Gasteiger charge is 2.06. The van der Waals surface area contributed by atoms with Crippen molar-refractivity contribution in [3.8, 4) is 5.75 Å². The van der Waals surface area contributed by atoms with Gasteiger partial charge in [0.1, 0.15) is 5.75 Å². The molecular weight excluding hydrogens is 340 g/mol. The molecule has 2 rings (SSSR count). The van der Waals surface area contributed by atoms with E-state index in [4.69, 9.17) is 10.5 Å². The molecule has 0 saturated heterocycles. The van der Waals surface area contributed by atoms with Gasteiger partial charge in [0.25, 0.3) is 0 Å². The Bertz CT molecular complexity index is 800. The number of nitrogens with zero attached hydrogens (tertiary/aromatic N) is 1. The van der Waals surface area contributed by atoms with Gasteiger partial charge >= 0.3 is 0 Å². The Morgan fingerprint density at radius 3 is 2.48 bits per heavy atom. The Balaban J connectivity index is 2.03. The number of nitrogens with one attached hydrogen (secondary N) is 2. The van der Waals surface area contributed by atoms with Crippen LogP contribution >= 0.6 is 0 Å². The topological polar surface area (TPSA) is 88.7 Å². The van der Waals surface area contributed by atoms with E-state index in [-0.39, 0.29) is 5.91 Å². The first-order valence-electron chi connectivity index (χ1n) is 9.04. The standard InChI is InChI=1S/C21H28N4O2/c1-5-14(2)17-7-9-18(10-8-17)25-21(22)23-13-16-6-11-20(27-4)19(12-16)24-15(3)26/h6-12,14H,5,13H2,1-4H3,(H,24,26)(H3,22,23,25). The fourth-order valence-corrected chi connectivity index (χ4v) is 2.64. The molecule has 0 radical (unpaired) electrons. The van der Waals surface area contributed by atoms with E-state index < -0.39 is 0 Å². The van der Waals surface area contributed by atoms with E-state index in [0.717, 1.165) is 17.7 Å². The smallest absolute Gasteiger partial charge is 0.221 e. The number of aliphatic imine (C=N–C) groups is 1. The number of methoxy groups -OCH3 is 1. The van der Waals surface area contributed by atoms with E-state index >= 15 is 0 Å². The normalized spacial score (nSPS) is 12.4. The van der Waals surface area contributed by atoms with Crippen LogP contribution in [-0.4, -0.2) is 19.0 Å². The Morgan fingerprint density at radius 2 is 1.89 bits per heavy atom. The fraction of sp³-hybridized carbons (Fsp3) is 0.333. The summed E-state index contributed by atoms with van der Waals surface area (Å²) in [6, 6.07) is 13.7. The summed E-state index contributed by atoms with van der Waals surface area (Å²) in [4.78, 5) is 15.7. The van der Waals surface area contributed by atoms with Crippen molar-refractivity contribution in [1.82, 2.24) is 0 Å². The van der Waals surface area contributed by atoms with Crippen LogP contribution in [0.4, 0.5) is 11.4 Å². The van der Waals surface area contributed by atoms with Crippen LogP contribution in [0, 0.1) is 0 Å². The highest BCUT2D eigenvalue weighted by atomic mass is 16.5. The van der Waals surface area contributed by atoms with Gasteiger partial charge in [-0.15, -0.1) is 0 Å². The van der Waals surface area contributed by atoms with Gasteiger partial charge in [-0.25, -0.2) is 4.99 Å². The number of hydrogen-bond donors (Lipinski definition) is 3. The Kier molecular flexibility index (Phi) is 7.23. The lowest BCUT2D eigenvalue weighted by Crippen LogP contribution is -2.22. The van der Waals surface area contributed by atoms with Crippen molar-refractivity contribution in [3.63, 3.8) is 0 Å². The first-order valence-corrected chi connectivity index (χ1v) is 9.04. The summed E-state index contributed by atoms with van der Waals surface area (Å²) in [5, 5.41) is 5.85. The highest BCUT2D eigenvalue weighted by molar-refractivity contribution is 5.92. The third-order valence-corrected chi connectivity index (χ3v) is 4.37. The molecular formula is C21H28N4O2. The molecule has 6 nitrogen and oxygen atoms in total. The molecule has 0 spiro atoms. The summed E-state index contributed by atoms with van der Waals surface area (Å²) in [7, 11) is 1.56. The lowest BCUT2D eigenvalue weighted by molar-refractivity contribution is -0.114. The predicted molar refractivity (Wildman–Crippen MR) is 111 cm³/mol. The molecule has 1 amide bonds. The summed E-state index contributed by atoms with van der Waals surface area (Å²) in [5.74, 6) is 1.32. The quantitative estimate of drug-likeness (QED) is 0.507. The van der Waals surface area contributed by atoms with E-state index in [1.807, 2.05) is 24.3 Å². The minimum absolute atomic E-state index is 0.157. The number of benzene rings is 2. The van der Waals surface area contributed by atoms with E-state index in [2.05, 4.69) is 41.6 Å². The highest BCUT2D eigenvalue weighted by Crippen LogP contribution is 2.26. The molecule has 0 aliphatic carbocycles. The van der Waals surface area contributed by atoms with Gasteiger partial charge in [0.15, 0.2) is 5.96 Å². The molecule has 0 aliphatic heterocycles. The Labute approximate surface area is 160 Å². The zero-order valence-electron chi connectivity index (χ0n) is 16.4. The van der Waals surface area contributed by atoms with Gasteiger partial charge in [0.2, 0.25) is 5.91 Å². The van der Waals surface area contributed by atoms with Crippen LogP contribution in [-0.2, 0) is 11.3 Å². The van der Waals surface area contributed by atoms with Crippen LogP contribution in [0.3, 0.4) is 0 Å². The van der Waals surface area contributed by atoms with Gasteiger partial charge in [-0.2, -0.15) is 0 Å². The number of hydrogen-bond acceptors (Lipinski definition) is 3. The van der Waals surface area contributed by atoms with Crippen LogP contribution in [0.1, 0.15) is 44.2 Å². The molecule has 144 valence electrons. The number of carbonyl (C=O) groups excluding carboxylic acids is 1. The largest absolute Gasteiger partial charge is 0.495 e. The maximum Gasteiger partial charge on any atom is 0.221 e. The van der Waals surface area contributed by atoms with Gasteiger partial charge in [0, 0.05) is 12.6 Å². The first kappa shape index (κ1) is 20.3. The summed E-state index contributed by atoms with van der Waals surface area (Å²) < 4.78 is 5.25.